The van der Waals surface area contributed by atoms with E-state index >= 15 is 0 Å². The summed E-state index contributed by atoms with van der Waals surface area (Å²) in [5, 5.41) is 8.43. The summed E-state index contributed by atoms with van der Waals surface area (Å²) in [6, 6.07) is 3.87. The van der Waals surface area contributed by atoms with E-state index in [-0.39, 0.29) is 5.41 Å². The molecule has 0 N–H and O–H groups in total. The van der Waals surface area contributed by atoms with Gasteiger partial charge in [0.1, 0.15) is 0 Å². The van der Waals surface area contributed by atoms with Gasteiger partial charge in [-0.1, -0.05) is 33.6 Å². The van der Waals surface area contributed by atoms with Gasteiger partial charge in [0.05, 0.1) is 12.3 Å². The normalized spacial score (nSPS) is 21.7. The number of ether oxygens (including phenoxy) is 1. The van der Waals surface area contributed by atoms with Gasteiger partial charge in [0.25, 0.3) is 0 Å². The van der Waals surface area contributed by atoms with Gasteiger partial charge >= 0.3 is 0 Å². The number of aromatic nitrogens is 2. The molecular formula is C20H31N3O2. The predicted octanol–water partition coefficient (Wildman–Crippen LogP) is 3.58. The molecule has 1 amide bonds. The largest absolute Gasteiger partial charge is 0.476 e. The molecule has 1 aromatic heterocycles. The van der Waals surface area contributed by atoms with Crippen molar-refractivity contribution in [2.45, 2.75) is 64.7 Å². The molecule has 2 fully saturated rings. The summed E-state index contributed by atoms with van der Waals surface area (Å²) in [5.41, 5.74) is 0.960. The Kier molecular flexibility index (Phi) is 5.60. The minimum atomic E-state index is -0.00281. The standard InChI is InChI=1S/C20H31N3O2/c1-20(2,3)17-8-9-18(22-21-17)25-14-16-10-11-23(13-16)19(24)12-15-6-4-5-7-15/h8-9,15-16H,4-7,10-14H2,1-3H3. The quantitative estimate of drug-likeness (QED) is 0.818. The molecule has 0 radical (unpaired) electrons. The van der Waals surface area contributed by atoms with Gasteiger partial charge in [0.15, 0.2) is 0 Å². The molecule has 138 valence electrons. The molecule has 3 rings (SSSR count). The third-order valence-corrected chi connectivity index (χ3v) is 5.45. The van der Waals surface area contributed by atoms with Crippen LogP contribution in [0.5, 0.6) is 5.88 Å². The molecule has 2 heterocycles. The van der Waals surface area contributed by atoms with Gasteiger partial charge in [0.2, 0.25) is 11.8 Å². The van der Waals surface area contributed by atoms with Crippen LogP contribution in [-0.2, 0) is 10.2 Å². The number of hydrogen-bond acceptors (Lipinski definition) is 4. The van der Waals surface area contributed by atoms with Crippen LogP contribution in [0.4, 0.5) is 0 Å². The first-order valence-electron chi connectivity index (χ1n) is 9.66. The van der Waals surface area contributed by atoms with Crippen LogP contribution in [0.15, 0.2) is 12.1 Å². The number of amides is 1. The zero-order valence-electron chi connectivity index (χ0n) is 15.8. The molecule has 1 saturated carbocycles. The summed E-state index contributed by atoms with van der Waals surface area (Å²) >= 11 is 0. The number of hydrogen-bond donors (Lipinski definition) is 0. The Bertz CT molecular complexity index is 574. The Labute approximate surface area is 151 Å². The highest BCUT2D eigenvalue weighted by atomic mass is 16.5. The van der Waals surface area contributed by atoms with E-state index in [0.717, 1.165) is 31.6 Å². The average molecular weight is 345 g/mol. The summed E-state index contributed by atoms with van der Waals surface area (Å²) in [7, 11) is 0. The second-order valence-corrected chi connectivity index (χ2v) is 8.67. The predicted molar refractivity (Wildman–Crippen MR) is 97.5 cm³/mol. The van der Waals surface area contributed by atoms with Crippen LogP contribution in [0.2, 0.25) is 0 Å². The lowest BCUT2D eigenvalue weighted by molar-refractivity contribution is -0.131. The fourth-order valence-corrected chi connectivity index (χ4v) is 3.79. The minimum Gasteiger partial charge on any atom is -0.476 e. The van der Waals surface area contributed by atoms with E-state index in [0.29, 0.717) is 30.2 Å². The topological polar surface area (TPSA) is 55.3 Å². The maximum atomic E-state index is 12.4. The van der Waals surface area contributed by atoms with E-state index in [4.69, 9.17) is 4.74 Å². The number of rotatable bonds is 5. The Morgan fingerprint density at radius 3 is 2.56 bits per heavy atom. The maximum Gasteiger partial charge on any atom is 0.233 e. The first-order valence-corrected chi connectivity index (χ1v) is 9.66. The van der Waals surface area contributed by atoms with Gasteiger partial charge in [-0.05, 0) is 31.2 Å². The number of carbonyl (C=O) groups excluding carboxylic acids is 1. The summed E-state index contributed by atoms with van der Waals surface area (Å²) in [6.07, 6.45) is 6.81. The van der Waals surface area contributed by atoms with Gasteiger partial charge in [-0.25, -0.2) is 0 Å². The van der Waals surface area contributed by atoms with Crippen molar-refractivity contribution in [1.82, 2.24) is 15.1 Å². The molecule has 1 saturated heterocycles. The third kappa shape index (κ3) is 4.93. The highest BCUT2D eigenvalue weighted by Crippen LogP contribution is 2.29. The van der Waals surface area contributed by atoms with Crippen LogP contribution in [0, 0.1) is 11.8 Å². The molecule has 1 aliphatic heterocycles. The molecule has 25 heavy (non-hydrogen) atoms. The summed E-state index contributed by atoms with van der Waals surface area (Å²) in [5.74, 6) is 1.93. The van der Waals surface area contributed by atoms with Gasteiger partial charge in [-0.2, -0.15) is 5.10 Å². The third-order valence-electron chi connectivity index (χ3n) is 5.45. The molecule has 1 unspecified atom stereocenters. The van der Waals surface area contributed by atoms with Crippen molar-refractivity contribution < 1.29 is 9.53 Å². The SMILES string of the molecule is CC(C)(C)c1ccc(OCC2CCN(C(=O)CC3CCCC3)C2)nn1. The molecule has 5 nitrogen and oxygen atoms in total. The van der Waals surface area contributed by atoms with E-state index in [9.17, 15) is 4.79 Å². The average Bonchev–Trinajstić information content (AvgIpc) is 3.24. The molecule has 5 heteroatoms. The van der Waals surface area contributed by atoms with Crippen LogP contribution in [0.25, 0.3) is 0 Å². The summed E-state index contributed by atoms with van der Waals surface area (Å²) in [6.45, 7) is 8.65. The van der Waals surface area contributed by atoms with Crippen LogP contribution in [-0.4, -0.2) is 40.7 Å². The lowest BCUT2D eigenvalue weighted by atomic mass is 9.92. The fourth-order valence-electron chi connectivity index (χ4n) is 3.79. The Morgan fingerprint density at radius 1 is 1.16 bits per heavy atom. The highest BCUT2D eigenvalue weighted by molar-refractivity contribution is 5.76. The van der Waals surface area contributed by atoms with E-state index in [1.807, 2.05) is 17.0 Å². The first kappa shape index (κ1) is 18.2. The molecule has 0 bridgehead atoms. The molecule has 2 aliphatic rings. The first-order chi connectivity index (χ1) is 11.9. The lowest BCUT2D eigenvalue weighted by Crippen LogP contribution is -2.30. The molecule has 0 spiro atoms. The Morgan fingerprint density at radius 2 is 1.92 bits per heavy atom. The van der Waals surface area contributed by atoms with Crippen molar-refractivity contribution in [2.24, 2.45) is 11.8 Å². The van der Waals surface area contributed by atoms with E-state index in [1.54, 1.807) is 0 Å². The highest BCUT2D eigenvalue weighted by Gasteiger charge is 2.29. The number of likely N-dealkylation sites (tertiary alicyclic amines) is 1. The van der Waals surface area contributed by atoms with Crippen LogP contribution >= 0.6 is 0 Å². The van der Waals surface area contributed by atoms with Crippen molar-refractivity contribution in [1.29, 1.82) is 0 Å². The van der Waals surface area contributed by atoms with Gasteiger partial charge < -0.3 is 9.64 Å². The van der Waals surface area contributed by atoms with Crippen LogP contribution < -0.4 is 4.74 Å². The van der Waals surface area contributed by atoms with Gasteiger partial charge in [0, 0.05) is 36.9 Å². The minimum absolute atomic E-state index is 0.00281. The summed E-state index contributed by atoms with van der Waals surface area (Å²) < 4.78 is 5.81. The zero-order valence-corrected chi connectivity index (χ0v) is 15.8. The van der Waals surface area contributed by atoms with E-state index < -0.39 is 0 Å². The van der Waals surface area contributed by atoms with Crippen molar-refractivity contribution in [2.75, 3.05) is 19.7 Å². The van der Waals surface area contributed by atoms with Crippen LogP contribution in [0.1, 0.15) is 65.0 Å². The molecule has 1 atom stereocenters. The van der Waals surface area contributed by atoms with Crippen molar-refractivity contribution in [3.8, 4) is 5.88 Å². The van der Waals surface area contributed by atoms with E-state index in [1.165, 1.54) is 25.7 Å². The molecule has 1 aliphatic carbocycles. The fraction of sp³-hybridized carbons (Fsp3) is 0.750. The van der Waals surface area contributed by atoms with Gasteiger partial charge in [-0.15, -0.1) is 5.10 Å². The van der Waals surface area contributed by atoms with E-state index in [2.05, 4.69) is 31.0 Å². The number of carbonyl (C=O) groups is 1. The zero-order chi connectivity index (χ0) is 17.9. The Hall–Kier alpha value is -1.65. The van der Waals surface area contributed by atoms with Crippen molar-refractivity contribution >= 4 is 5.91 Å². The van der Waals surface area contributed by atoms with Crippen molar-refractivity contribution in [3.05, 3.63) is 17.8 Å². The lowest BCUT2D eigenvalue weighted by Gasteiger charge is -2.19. The molecule has 0 aromatic carbocycles. The summed E-state index contributed by atoms with van der Waals surface area (Å²) in [4.78, 5) is 14.4. The Balaban J connectivity index is 1.43. The number of nitrogens with zero attached hydrogens (tertiary/aromatic N) is 3. The monoisotopic (exact) mass is 345 g/mol. The van der Waals surface area contributed by atoms with Crippen LogP contribution in [0.3, 0.4) is 0 Å². The molecule has 1 aromatic rings. The van der Waals surface area contributed by atoms with Gasteiger partial charge in [-0.3, -0.25) is 4.79 Å². The van der Waals surface area contributed by atoms with Crippen molar-refractivity contribution in [3.63, 3.8) is 0 Å². The smallest absolute Gasteiger partial charge is 0.233 e. The second kappa shape index (κ2) is 7.71. The maximum absolute atomic E-state index is 12.4. The molecular weight excluding hydrogens is 314 g/mol. The second-order valence-electron chi connectivity index (χ2n) is 8.67.